The maximum atomic E-state index is 11.1. The molecular formula is C12H11ClN6O4. The molecule has 0 atom stereocenters. The van der Waals surface area contributed by atoms with Crippen LogP contribution < -0.4 is 16.4 Å². The number of rotatable bonds is 6. The van der Waals surface area contributed by atoms with Crippen LogP contribution in [0.4, 0.5) is 29.0 Å². The van der Waals surface area contributed by atoms with Gasteiger partial charge in [-0.25, -0.2) is 0 Å². The maximum Gasteiger partial charge on any atom is 0.353 e. The standard InChI is InChI=1S/C12H11ClN6O4/c13-6-1-3-7(4-2-6)16-11-9(19(22)23)10(14)17-12(18-11)15-5-8(20)21/h1-4H,5H2,(H,20,21)(H4,14,15,16,17,18). The number of carbonyl (C=O) groups is 1. The van der Waals surface area contributed by atoms with Crippen molar-refractivity contribution in [2.24, 2.45) is 0 Å². The number of nitro groups is 1. The van der Waals surface area contributed by atoms with Gasteiger partial charge in [-0.15, -0.1) is 0 Å². The summed E-state index contributed by atoms with van der Waals surface area (Å²) in [5.74, 6) is -1.85. The second-order valence-corrected chi connectivity index (χ2v) is 4.70. The van der Waals surface area contributed by atoms with E-state index in [1.807, 2.05) is 0 Å². The number of aliphatic carboxylic acids is 1. The summed E-state index contributed by atoms with van der Waals surface area (Å²) in [6.07, 6.45) is 0. The summed E-state index contributed by atoms with van der Waals surface area (Å²) in [4.78, 5) is 28.5. The molecule has 120 valence electrons. The number of halogens is 1. The Morgan fingerprint density at radius 1 is 1.35 bits per heavy atom. The zero-order chi connectivity index (χ0) is 17.0. The van der Waals surface area contributed by atoms with Crippen LogP contribution in [0.5, 0.6) is 0 Å². The van der Waals surface area contributed by atoms with Crippen LogP contribution in [0, 0.1) is 10.1 Å². The van der Waals surface area contributed by atoms with E-state index in [4.69, 9.17) is 22.4 Å². The van der Waals surface area contributed by atoms with Crippen molar-refractivity contribution in [3.8, 4) is 0 Å². The summed E-state index contributed by atoms with van der Waals surface area (Å²) < 4.78 is 0. The first kappa shape index (κ1) is 16.2. The maximum absolute atomic E-state index is 11.1. The van der Waals surface area contributed by atoms with Crippen molar-refractivity contribution >= 4 is 46.5 Å². The Kier molecular flexibility index (Phi) is 4.76. The molecule has 0 aliphatic rings. The number of nitrogens with one attached hydrogen (secondary N) is 2. The van der Waals surface area contributed by atoms with Gasteiger partial charge in [-0.05, 0) is 24.3 Å². The zero-order valence-electron chi connectivity index (χ0n) is 11.5. The van der Waals surface area contributed by atoms with Crippen molar-refractivity contribution in [3.63, 3.8) is 0 Å². The minimum absolute atomic E-state index is 0.146. The number of aromatic nitrogens is 2. The van der Waals surface area contributed by atoms with E-state index in [2.05, 4.69) is 20.6 Å². The third-order valence-corrected chi connectivity index (χ3v) is 2.85. The Bertz CT molecular complexity index is 752. The molecule has 0 spiro atoms. The molecule has 0 aliphatic carbocycles. The van der Waals surface area contributed by atoms with Crippen LogP contribution in [-0.2, 0) is 4.79 Å². The summed E-state index contributed by atoms with van der Waals surface area (Å²) in [6.45, 7) is -0.461. The molecule has 0 bridgehead atoms. The van der Waals surface area contributed by atoms with E-state index in [1.54, 1.807) is 24.3 Å². The van der Waals surface area contributed by atoms with Gasteiger partial charge in [0.05, 0.1) is 4.92 Å². The van der Waals surface area contributed by atoms with Gasteiger partial charge < -0.3 is 21.5 Å². The zero-order valence-corrected chi connectivity index (χ0v) is 12.2. The molecule has 5 N–H and O–H groups in total. The average molecular weight is 339 g/mol. The first-order chi connectivity index (χ1) is 10.9. The van der Waals surface area contributed by atoms with Gasteiger partial charge in [0.1, 0.15) is 6.54 Å². The fourth-order valence-corrected chi connectivity index (χ4v) is 1.77. The molecule has 11 heteroatoms. The summed E-state index contributed by atoms with van der Waals surface area (Å²) in [5.41, 5.74) is 5.54. The third-order valence-electron chi connectivity index (χ3n) is 2.60. The molecule has 0 saturated carbocycles. The fourth-order valence-electron chi connectivity index (χ4n) is 1.64. The molecule has 0 aliphatic heterocycles. The van der Waals surface area contributed by atoms with Crippen molar-refractivity contribution in [2.45, 2.75) is 0 Å². The first-order valence-electron chi connectivity index (χ1n) is 6.17. The summed E-state index contributed by atoms with van der Waals surface area (Å²) in [6, 6.07) is 6.36. The highest BCUT2D eigenvalue weighted by Crippen LogP contribution is 2.31. The number of anilines is 4. The Balaban J connectivity index is 2.38. The number of carboxylic acid groups (broad SMARTS) is 1. The lowest BCUT2D eigenvalue weighted by Crippen LogP contribution is -2.16. The number of carboxylic acids is 1. The van der Waals surface area contributed by atoms with Crippen molar-refractivity contribution in [1.29, 1.82) is 0 Å². The van der Waals surface area contributed by atoms with Gasteiger partial charge in [-0.1, -0.05) is 11.6 Å². The van der Waals surface area contributed by atoms with Crippen LogP contribution in [0.2, 0.25) is 5.02 Å². The molecule has 2 aromatic rings. The minimum Gasteiger partial charge on any atom is -0.480 e. The van der Waals surface area contributed by atoms with E-state index in [1.165, 1.54) is 0 Å². The molecule has 23 heavy (non-hydrogen) atoms. The molecule has 1 heterocycles. The van der Waals surface area contributed by atoms with E-state index in [9.17, 15) is 14.9 Å². The van der Waals surface area contributed by atoms with Gasteiger partial charge in [0.2, 0.25) is 17.6 Å². The molecule has 2 rings (SSSR count). The first-order valence-corrected chi connectivity index (χ1v) is 6.55. The summed E-state index contributed by atoms with van der Waals surface area (Å²) >= 11 is 5.77. The molecule has 1 aromatic heterocycles. The van der Waals surface area contributed by atoms with Crippen LogP contribution in [0.3, 0.4) is 0 Å². The van der Waals surface area contributed by atoms with Crippen molar-refractivity contribution < 1.29 is 14.8 Å². The number of hydrogen-bond donors (Lipinski definition) is 4. The highest BCUT2D eigenvalue weighted by molar-refractivity contribution is 6.30. The van der Waals surface area contributed by atoms with E-state index < -0.39 is 28.9 Å². The molecule has 10 nitrogen and oxygen atoms in total. The third kappa shape index (κ3) is 4.17. The lowest BCUT2D eigenvalue weighted by Gasteiger charge is -2.10. The van der Waals surface area contributed by atoms with Crippen LogP contribution in [0.25, 0.3) is 0 Å². The van der Waals surface area contributed by atoms with Crippen molar-refractivity contribution in [1.82, 2.24) is 9.97 Å². The normalized spacial score (nSPS) is 10.1. The Hall–Kier alpha value is -3.14. The molecule has 1 aromatic carbocycles. The van der Waals surface area contributed by atoms with Crippen LogP contribution >= 0.6 is 11.6 Å². The second kappa shape index (κ2) is 6.75. The van der Waals surface area contributed by atoms with Gasteiger partial charge in [-0.3, -0.25) is 14.9 Å². The number of nitrogen functional groups attached to an aromatic ring is 1. The number of nitrogens with zero attached hydrogens (tertiary/aromatic N) is 3. The number of benzene rings is 1. The highest BCUT2D eigenvalue weighted by Gasteiger charge is 2.23. The van der Waals surface area contributed by atoms with Crippen LogP contribution in [0.15, 0.2) is 24.3 Å². The lowest BCUT2D eigenvalue weighted by atomic mass is 10.3. The smallest absolute Gasteiger partial charge is 0.353 e. The lowest BCUT2D eigenvalue weighted by molar-refractivity contribution is -0.383. The molecule has 0 amide bonds. The van der Waals surface area contributed by atoms with Gasteiger partial charge >= 0.3 is 11.7 Å². The van der Waals surface area contributed by atoms with Crippen molar-refractivity contribution in [2.75, 3.05) is 22.9 Å². The number of hydrogen-bond acceptors (Lipinski definition) is 8. The summed E-state index contributed by atoms with van der Waals surface area (Å²) in [5, 5.41) is 25.4. The quantitative estimate of drug-likeness (QED) is 0.455. The minimum atomic E-state index is -1.14. The fraction of sp³-hybridized carbons (Fsp3) is 0.0833. The number of nitrogens with two attached hydrogens (primary N) is 1. The topological polar surface area (TPSA) is 156 Å². The predicted molar refractivity (Wildman–Crippen MR) is 84.0 cm³/mol. The van der Waals surface area contributed by atoms with Gasteiger partial charge in [-0.2, -0.15) is 9.97 Å². The molecular weight excluding hydrogens is 328 g/mol. The Labute approximate surface area is 134 Å². The SMILES string of the molecule is Nc1nc(NCC(=O)O)nc(Nc2ccc(Cl)cc2)c1[N+](=O)[O-]. The van der Waals surface area contributed by atoms with Crippen LogP contribution in [0.1, 0.15) is 0 Å². The van der Waals surface area contributed by atoms with E-state index in [0.29, 0.717) is 10.7 Å². The van der Waals surface area contributed by atoms with E-state index >= 15 is 0 Å². The molecule has 0 fully saturated rings. The highest BCUT2D eigenvalue weighted by atomic mass is 35.5. The predicted octanol–water partition coefficient (Wildman–Crippen LogP) is 1.86. The Morgan fingerprint density at radius 3 is 2.57 bits per heavy atom. The summed E-state index contributed by atoms with van der Waals surface area (Å²) in [7, 11) is 0. The van der Waals surface area contributed by atoms with E-state index in [-0.39, 0.29) is 11.8 Å². The molecule has 0 saturated heterocycles. The van der Waals surface area contributed by atoms with Crippen molar-refractivity contribution in [3.05, 3.63) is 39.4 Å². The van der Waals surface area contributed by atoms with Gasteiger partial charge in [0.15, 0.2) is 0 Å². The second-order valence-electron chi connectivity index (χ2n) is 4.27. The monoisotopic (exact) mass is 338 g/mol. The van der Waals surface area contributed by atoms with Gasteiger partial charge in [0, 0.05) is 10.7 Å². The largest absolute Gasteiger partial charge is 0.480 e. The average Bonchev–Trinajstić information content (AvgIpc) is 2.46. The molecule has 0 unspecified atom stereocenters. The van der Waals surface area contributed by atoms with E-state index in [0.717, 1.165) is 0 Å². The Morgan fingerprint density at radius 2 is 2.00 bits per heavy atom. The molecule has 0 radical (unpaired) electrons. The van der Waals surface area contributed by atoms with Gasteiger partial charge in [0.25, 0.3) is 0 Å². The van der Waals surface area contributed by atoms with Crippen LogP contribution in [-0.4, -0.2) is 32.5 Å².